The number of likely N-dealkylation sites (N-methyl/N-ethyl adjacent to an activating group) is 1. The van der Waals surface area contributed by atoms with Gasteiger partial charge in [0.15, 0.2) is 0 Å². The summed E-state index contributed by atoms with van der Waals surface area (Å²) < 4.78 is 1.13. The van der Waals surface area contributed by atoms with E-state index in [0.717, 1.165) is 37.1 Å². The molecular weight excluding hydrogens is 302 g/mol. The molecule has 0 aromatic heterocycles. The molecule has 0 saturated carbocycles. The van der Waals surface area contributed by atoms with Crippen LogP contribution in [0, 0.1) is 5.92 Å². The minimum absolute atomic E-state index is 0.554. The van der Waals surface area contributed by atoms with Crippen molar-refractivity contribution in [1.29, 1.82) is 0 Å². The highest BCUT2D eigenvalue weighted by atomic mass is 79.9. The predicted octanol–water partition coefficient (Wildman–Crippen LogP) is 2.55. The van der Waals surface area contributed by atoms with Crippen LogP contribution in [0.4, 0.5) is 5.69 Å². The smallest absolute Gasteiger partial charge is 0.0367 e. The molecule has 0 amide bonds. The molecule has 3 nitrogen and oxygen atoms in total. The molecule has 0 radical (unpaired) electrons. The molecule has 1 fully saturated rings. The summed E-state index contributed by atoms with van der Waals surface area (Å²) in [6.45, 7) is 6.43. The maximum atomic E-state index is 5.76. The van der Waals surface area contributed by atoms with E-state index < -0.39 is 0 Å². The number of rotatable bonds is 3. The van der Waals surface area contributed by atoms with Crippen LogP contribution >= 0.6 is 15.9 Å². The summed E-state index contributed by atoms with van der Waals surface area (Å²) >= 11 is 3.50. The van der Waals surface area contributed by atoms with E-state index in [1.165, 1.54) is 5.69 Å². The van der Waals surface area contributed by atoms with Crippen LogP contribution < -0.4 is 10.6 Å². The zero-order chi connectivity index (χ0) is 13.8. The van der Waals surface area contributed by atoms with Crippen molar-refractivity contribution >= 4 is 21.6 Å². The van der Waals surface area contributed by atoms with E-state index in [0.29, 0.717) is 12.0 Å². The van der Waals surface area contributed by atoms with Crippen LogP contribution in [0.5, 0.6) is 0 Å². The number of anilines is 1. The molecule has 1 saturated heterocycles. The summed E-state index contributed by atoms with van der Waals surface area (Å²) in [5.74, 6) is 0.677. The van der Waals surface area contributed by atoms with E-state index in [1.54, 1.807) is 0 Å². The topological polar surface area (TPSA) is 32.5 Å². The number of hydrogen-bond donors (Lipinski definition) is 1. The van der Waals surface area contributed by atoms with Crippen molar-refractivity contribution in [1.82, 2.24) is 4.90 Å². The maximum absolute atomic E-state index is 5.76. The number of nitrogens with zero attached hydrogens (tertiary/aromatic N) is 2. The van der Waals surface area contributed by atoms with Crippen LogP contribution in [0.25, 0.3) is 0 Å². The molecule has 1 aliphatic rings. The third-order valence-corrected chi connectivity index (χ3v) is 4.41. The zero-order valence-electron chi connectivity index (χ0n) is 11.8. The van der Waals surface area contributed by atoms with Gasteiger partial charge in [0.25, 0.3) is 0 Å². The standard InChI is InChI=1S/C15H24BrN3/c1-12-9-18(2)15(7-8-17)11-19(10-12)14-5-3-13(16)4-6-14/h3-6,12,15H,7-11,17H2,1-2H3. The van der Waals surface area contributed by atoms with Crippen molar-refractivity contribution in [2.45, 2.75) is 19.4 Å². The van der Waals surface area contributed by atoms with Crippen molar-refractivity contribution < 1.29 is 0 Å². The third-order valence-electron chi connectivity index (χ3n) is 3.88. The highest BCUT2D eigenvalue weighted by Crippen LogP contribution is 2.23. The Hall–Kier alpha value is -0.580. The van der Waals surface area contributed by atoms with E-state index in [1.807, 2.05) is 0 Å². The van der Waals surface area contributed by atoms with Gasteiger partial charge in [-0.25, -0.2) is 0 Å². The molecule has 2 rings (SSSR count). The Morgan fingerprint density at radius 2 is 1.89 bits per heavy atom. The molecule has 4 heteroatoms. The minimum atomic E-state index is 0.554. The van der Waals surface area contributed by atoms with Crippen molar-refractivity contribution in [3.63, 3.8) is 0 Å². The second-order valence-electron chi connectivity index (χ2n) is 5.66. The fraction of sp³-hybridized carbons (Fsp3) is 0.600. The molecule has 1 aliphatic heterocycles. The van der Waals surface area contributed by atoms with E-state index in [-0.39, 0.29) is 0 Å². The van der Waals surface area contributed by atoms with Gasteiger partial charge < -0.3 is 15.5 Å². The molecule has 106 valence electrons. The number of nitrogens with two attached hydrogens (primary N) is 1. The van der Waals surface area contributed by atoms with Gasteiger partial charge in [-0.05, 0) is 50.2 Å². The van der Waals surface area contributed by atoms with Crippen LogP contribution in [-0.2, 0) is 0 Å². The predicted molar refractivity (Wildman–Crippen MR) is 85.6 cm³/mol. The van der Waals surface area contributed by atoms with Gasteiger partial charge >= 0.3 is 0 Å². The molecule has 1 aromatic rings. The van der Waals surface area contributed by atoms with Gasteiger partial charge in [-0.15, -0.1) is 0 Å². The lowest BCUT2D eigenvalue weighted by atomic mass is 10.1. The average Bonchev–Trinajstić information content (AvgIpc) is 2.50. The average molecular weight is 326 g/mol. The molecular formula is C15H24BrN3. The lowest BCUT2D eigenvalue weighted by Crippen LogP contribution is -2.40. The van der Waals surface area contributed by atoms with E-state index in [2.05, 4.69) is 64.0 Å². The molecule has 0 bridgehead atoms. The highest BCUT2D eigenvalue weighted by molar-refractivity contribution is 9.10. The lowest BCUT2D eigenvalue weighted by Gasteiger charge is -2.30. The van der Waals surface area contributed by atoms with Gasteiger partial charge in [0, 0.05) is 35.8 Å². The summed E-state index contributed by atoms with van der Waals surface area (Å²) in [5.41, 5.74) is 7.07. The van der Waals surface area contributed by atoms with Crippen LogP contribution in [0.3, 0.4) is 0 Å². The molecule has 2 atom stereocenters. The molecule has 2 unspecified atom stereocenters. The minimum Gasteiger partial charge on any atom is -0.370 e. The van der Waals surface area contributed by atoms with Crippen LogP contribution in [0.2, 0.25) is 0 Å². The Kier molecular flexibility index (Phi) is 5.25. The van der Waals surface area contributed by atoms with Crippen LogP contribution in [0.15, 0.2) is 28.7 Å². The number of hydrogen-bond acceptors (Lipinski definition) is 3. The summed E-state index contributed by atoms with van der Waals surface area (Å²) in [6.07, 6.45) is 1.07. The molecule has 1 aromatic carbocycles. The quantitative estimate of drug-likeness (QED) is 0.927. The largest absolute Gasteiger partial charge is 0.370 e. The number of benzene rings is 1. The van der Waals surface area contributed by atoms with Gasteiger partial charge in [0.2, 0.25) is 0 Å². The molecule has 2 N–H and O–H groups in total. The first-order valence-corrected chi connectivity index (χ1v) is 7.80. The zero-order valence-corrected chi connectivity index (χ0v) is 13.4. The summed E-state index contributed by atoms with van der Waals surface area (Å²) in [6, 6.07) is 9.18. The molecule has 19 heavy (non-hydrogen) atoms. The van der Waals surface area contributed by atoms with Crippen LogP contribution in [-0.4, -0.2) is 44.2 Å². The van der Waals surface area contributed by atoms with E-state index in [4.69, 9.17) is 5.73 Å². The fourth-order valence-electron chi connectivity index (χ4n) is 2.91. The van der Waals surface area contributed by atoms with Gasteiger partial charge in [0.05, 0.1) is 0 Å². The lowest BCUT2D eigenvalue weighted by molar-refractivity contribution is 0.231. The Morgan fingerprint density at radius 3 is 2.53 bits per heavy atom. The van der Waals surface area contributed by atoms with E-state index in [9.17, 15) is 0 Å². The van der Waals surface area contributed by atoms with Crippen molar-refractivity contribution in [3.05, 3.63) is 28.7 Å². The monoisotopic (exact) mass is 325 g/mol. The number of halogens is 1. The first kappa shape index (κ1) is 14.8. The molecule has 0 aliphatic carbocycles. The third kappa shape index (κ3) is 3.94. The van der Waals surface area contributed by atoms with E-state index >= 15 is 0 Å². The normalized spacial score (nSPS) is 25.4. The molecule has 1 heterocycles. The van der Waals surface area contributed by atoms with Crippen molar-refractivity contribution in [2.75, 3.05) is 38.1 Å². The second-order valence-corrected chi connectivity index (χ2v) is 6.57. The van der Waals surface area contributed by atoms with Gasteiger partial charge in [-0.1, -0.05) is 22.9 Å². The summed E-state index contributed by atoms with van der Waals surface area (Å²) in [4.78, 5) is 4.97. The van der Waals surface area contributed by atoms with Gasteiger partial charge in [0.1, 0.15) is 0 Å². The first-order valence-electron chi connectivity index (χ1n) is 7.01. The summed E-state index contributed by atoms with van der Waals surface area (Å²) in [7, 11) is 2.22. The fourth-order valence-corrected chi connectivity index (χ4v) is 3.17. The summed E-state index contributed by atoms with van der Waals surface area (Å²) in [5, 5.41) is 0. The Labute approximate surface area is 124 Å². The van der Waals surface area contributed by atoms with Crippen molar-refractivity contribution in [2.24, 2.45) is 11.7 Å². The Balaban J connectivity index is 2.16. The Bertz CT molecular complexity index is 393. The van der Waals surface area contributed by atoms with Crippen molar-refractivity contribution in [3.8, 4) is 0 Å². The maximum Gasteiger partial charge on any atom is 0.0367 e. The highest BCUT2D eigenvalue weighted by Gasteiger charge is 2.25. The Morgan fingerprint density at radius 1 is 1.21 bits per heavy atom. The SMILES string of the molecule is CC1CN(c2ccc(Br)cc2)CC(CCN)N(C)C1. The second kappa shape index (κ2) is 6.73. The van der Waals surface area contributed by atoms with Gasteiger partial charge in [-0.2, -0.15) is 0 Å². The van der Waals surface area contributed by atoms with Gasteiger partial charge in [-0.3, -0.25) is 0 Å². The van der Waals surface area contributed by atoms with Crippen LogP contribution in [0.1, 0.15) is 13.3 Å². The molecule has 0 spiro atoms. The first-order chi connectivity index (χ1) is 9.10.